The number of aromatic carboxylic acids is 1. The lowest BCUT2D eigenvalue weighted by Gasteiger charge is -2.11. The average Bonchev–Trinajstić information content (AvgIpc) is 2.34. The zero-order valence-corrected chi connectivity index (χ0v) is 11.3. The van der Waals surface area contributed by atoms with Crippen LogP contribution in [0.15, 0.2) is 18.2 Å². The van der Waals surface area contributed by atoms with Crippen molar-refractivity contribution in [3.8, 4) is 0 Å². The summed E-state index contributed by atoms with van der Waals surface area (Å²) in [4.78, 5) is 11.0. The Hall–Kier alpha value is -1.62. The molecule has 0 saturated carbocycles. The van der Waals surface area contributed by atoms with Crippen LogP contribution < -0.4 is 5.32 Å². The minimum atomic E-state index is -1.13. The fourth-order valence-electron chi connectivity index (χ4n) is 1.64. The number of anilines is 1. The molecule has 0 heterocycles. The van der Waals surface area contributed by atoms with Crippen molar-refractivity contribution in [1.82, 2.24) is 0 Å². The minimum absolute atomic E-state index is 0.0431. The fourth-order valence-corrected chi connectivity index (χ4v) is 1.64. The Kier molecular flexibility index (Phi) is 6.29. The van der Waals surface area contributed by atoms with Crippen molar-refractivity contribution in [3.63, 3.8) is 0 Å². The van der Waals surface area contributed by atoms with Crippen LogP contribution in [0.4, 0.5) is 10.1 Å². The molecule has 0 radical (unpaired) electrons. The maximum Gasteiger partial charge on any atom is 0.337 e. The van der Waals surface area contributed by atoms with Gasteiger partial charge in [0, 0.05) is 13.2 Å². The van der Waals surface area contributed by atoms with Gasteiger partial charge < -0.3 is 15.2 Å². The summed E-state index contributed by atoms with van der Waals surface area (Å²) in [6.07, 6.45) is 1.85. The van der Waals surface area contributed by atoms with E-state index in [9.17, 15) is 9.18 Å². The molecule has 0 spiro atoms. The van der Waals surface area contributed by atoms with Crippen LogP contribution in [0.5, 0.6) is 0 Å². The van der Waals surface area contributed by atoms with Crippen molar-refractivity contribution >= 4 is 11.7 Å². The number of carboxylic acid groups (broad SMARTS) is 1. The smallest absolute Gasteiger partial charge is 0.337 e. The molecule has 0 aliphatic carbocycles. The van der Waals surface area contributed by atoms with Crippen molar-refractivity contribution in [3.05, 3.63) is 29.6 Å². The van der Waals surface area contributed by atoms with Crippen LogP contribution in [0.2, 0.25) is 0 Å². The van der Waals surface area contributed by atoms with Gasteiger partial charge in [0.1, 0.15) is 5.82 Å². The highest BCUT2D eigenvalue weighted by Crippen LogP contribution is 2.19. The van der Waals surface area contributed by atoms with Crippen LogP contribution in [0.25, 0.3) is 0 Å². The summed E-state index contributed by atoms with van der Waals surface area (Å²) in [5.41, 5.74) is 0.0122. The highest BCUT2D eigenvalue weighted by atomic mass is 19.1. The Balaban J connectivity index is 2.43. The quantitative estimate of drug-likeness (QED) is 0.712. The molecule has 0 bridgehead atoms. The van der Waals surface area contributed by atoms with Gasteiger partial charge in [-0.3, -0.25) is 0 Å². The van der Waals surface area contributed by atoms with Crippen molar-refractivity contribution in [2.24, 2.45) is 0 Å². The second-order valence-electron chi connectivity index (χ2n) is 4.52. The van der Waals surface area contributed by atoms with Crippen LogP contribution >= 0.6 is 0 Å². The molecule has 1 rings (SSSR count). The highest BCUT2D eigenvalue weighted by Gasteiger charge is 2.13. The van der Waals surface area contributed by atoms with Crippen LogP contribution in [-0.2, 0) is 4.74 Å². The molecule has 1 aromatic rings. The molecule has 0 atom stereocenters. The summed E-state index contributed by atoms with van der Waals surface area (Å²) in [6.45, 7) is 5.11. The van der Waals surface area contributed by atoms with E-state index in [-0.39, 0.29) is 17.4 Å². The normalized spacial score (nSPS) is 10.7. The lowest BCUT2D eigenvalue weighted by atomic mass is 10.1. The zero-order valence-electron chi connectivity index (χ0n) is 11.3. The predicted octanol–water partition coefficient (Wildman–Crippen LogP) is 3.14. The monoisotopic (exact) mass is 269 g/mol. The number of hydrogen-bond donors (Lipinski definition) is 2. The number of halogens is 1. The number of carboxylic acids is 1. The van der Waals surface area contributed by atoms with Crippen molar-refractivity contribution in [1.29, 1.82) is 0 Å². The highest BCUT2D eigenvalue weighted by molar-refractivity contribution is 5.94. The Morgan fingerprint density at radius 1 is 1.42 bits per heavy atom. The first-order valence-corrected chi connectivity index (χ1v) is 6.39. The van der Waals surface area contributed by atoms with E-state index in [0.717, 1.165) is 12.8 Å². The summed E-state index contributed by atoms with van der Waals surface area (Å²) in [6, 6.07) is 4.02. The molecule has 0 fully saturated rings. The Bertz CT molecular complexity index is 421. The molecule has 0 unspecified atom stereocenters. The second kappa shape index (κ2) is 7.74. The van der Waals surface area contributed by atoms with E-state index >= 15 is 0 Å². The first-order valence-electron chi connectivity index (χ1n) is 6.39. The van der Waals surface area contributed by atoms with Gasteiger partial charge in [-0.2, -0.15) is 0 Å². The van der Waals surface area contributed by atoms with Crippen molar-refractivity contribution < 1.29 is 19.0 Å². The molecule has 4 nitrogen and oxygen atoms in total. The number of carbonyl (C=O) groups is 1. The topological polar surface area (TPSA) is 58.6 Å². The minimum Gasteiger partial charge on any atom is -0.478 e. The van der Waals surface area contributed by atoms with E-state index in [1.165, 1.54) is 18.2 Å². The molecule has 1 aromatic carbocycles. The van der Waals surface area contributed by atoms with E-state index in [4.69, 9.17) is 9.84 Å². The third kappa shape index (κ3) is 5.26. The van der Waals surface area contributed by atoms with Gasteiger partial charge in [-0.15, -0.1) is 0 Å². The van der Waals surface area contributed by atoms with E-state index in [1.807, 2.05) is 13.8 Å². The van der Waals surface area contributed by atoms with Gasteiger partial charge in [-0.1, -0.05) is 6.07 Å². The standard InChI is InChI=1S/C14H20FNO3/c1-10(2)19-9-4-3-8-16-13-11(14(17)18)6-5-7-12(13)15/h5-7,10,16H,3-4,8-9H2,1-2H3,(H,17,18). The lowest BCUT2D eigenvalue weighted by Crippen LogP contribution is -2.11. The van der Waals surface area contributed by atoms with E-state index in [0.29, 0.717) is 13.2 Å². The van der Waals surface area contributed by atoms with E-state index in [2.05, 4.69) is 5.32 Å². The molecule has 0 amide bonds. The van der Waals surface area contributed by atoms with Gasteiger partial charge >= 0.3 is 5.97 Å². The third-order valence-corrected chi connectivity index (χ3v) is 2.57. The number of ether oxygens (including phenoxy) is 1. The fraction of sp³-hybridized carbons (Fsp3) is 0.500. The number of rotatable bonds is 8. The van der Waals surface area contributed by atoms with Crippen molar-refractivity contribution in [2.45, 2.75) is 32.8 Å². The Morgan fingerprint density at radius 2 is 2.16 bits per heavy atom. The first kappa shape index (κ1) is 15.4. The molecule has 0 aromatic heterocycles. The van der Waals surface area contributed by atoms with Gasteiger partial charge in [-0.05, 0) is 38.8 Å². The van der Waals surface area contributed by atoms with E-state index in [1.54, 1.807) is 0 Å². The summed E-state index contributed by atoms with van der Waals surface area (Å²) >= 11 is 0. The molecule has 5 heteroatoms. The Morgan fingerprint density at radius 3 is 2.79 bits per heavy atom. The Labute approximate surface area is 112 Å². The summed E-state index contributed by atoms with van der Waals surface area (Å²) < 4.78 is 18.9. The van der Waals surface area contributed by atoms with Crippen LogP contribution in [-0.4, -0.2) is 30.3 Å². The zero-order chi connectivity index (χ0) is 14.3. The van der Waals surface area contributed by atoms with Gasteiger partial charge in [0.15, 0.2) is 0 Å². The summed E-state index contributed by atoms with van der Waals surface area (Å²) in [5.74, 6) is -1.68. The molecule has 0 aliphatic heterocycles. The van der Waals surface area contributed by atoms with Gasteiger partial charge in [0.2, 0.25) is 0 Å². The summed E-state index contributed by atoms with van der Waals surface area (Å²) in [5, 5.41) is 11.8. The van der Waals surface area contributed by atoms with E-state index < -0.39 is 11.8 Å². The number of unbranched alkanes of at least 4 members (excludes halogenated alkanes) is 1. The SMILES string of the molecule is CC(C)OCCCCNc1c(F)cccc1C(=O)O. The van der Waals surface area contributed by atoms with Crippen LogP contribution in [0, 0.1) is 5.82 Å². The molecular formula is C14H20FNO3. The number of para-hydroxylation sites is 1. The van der Waals surface area contributed by atoms with Crippen molar-refractivity contribution in [2.75, 3.05) is 18.5 Å². The molecule has 19 heavy (non-hydrogen) atoms. The molecule has 0 saturated heterocycles. The number of nitrogens with one attached hydrogen (secondary N) is 1. The largest absolute Gasteiger partial charge is 0.478 e. The first-order chi connectivity index (χ1) is 9.02. The predicted molar refractivity (Wildman–Crippen MR) is 72.2 cm³/mol. The maximum atomic E-state index is 13.5. The summed E-state index contributed by atoms with van der Waals surface area (Å²) in [7, 11) is 0. The molecule has 106 valence electrons. The van der Waals surface area contributed by atoms with Crippen LogP contribution in [0.1, 0.15) is 37.0 Å². The van der Waals surface area contributed by atoms with Gasteiger partial charge in [-0.25, -0.2) is 9.18 Å². The maximum absolute atomic E-state index is 13.5. The lowest BCUT2D eigenvalue weighted by molar-refractivity contribution is 0.0696. The molecule has 0 aliphatic rings. The molecule has 2 N–H and O–H groups in total. The van der Waals surface area contributed by atoms with Gasteiger partial charge in [0.25, 0.3) is 0 Å². The number of hydrogen-bond acceptors (Lipinski definition) is 3. The van der Waals surface area contributed by atoms with Gasteiger partial charge in [0.05, 0.1) is 17.4 Å². The average molecular weight is 269 g/mol. The second-order valence-corrected chi connectivity index (χ2v) is 4.52. The number of benzene rings is 1. The van der Waals surface area contributed by atoms with Crippen LogP contribution in [0.3, 0.4) is 0 Å². The third-order valence-electron chi connectivity index (χ3n) is 2.57. The molecular weight excluding hydrogens is 249 g/mol.